The summed E-state index contributed by atoms with van der Waals surface area (Å²) in [4.78, 5) is 11.8. The number of benzene rings is 1. The molecule has 0 aliphatic rings. The lowest BCUT2D eigenvalue weighted by Crippen LogP contribution is -2.11. The van der Waals surface area contributed by atoms with Gasteiger partial charge in [-0.3, -0.25) is 9.48 Å². The summed E-state index contributed by atoms with van der Waals surface area (Å²) in [6.45, 7) is 0. The molecule has 0 bridgehead atoms. The summed E-state index contributed by atoms with van der Waals surface area (Å²) in [6, 6.07) is 6.92. The number of hydrogen-bond donors (Lipinski definition) is 1. The lowest BCUT2D eigenvalue weighted by molar-refractivity contribution is 0.102. The van der Waals surface area contributed by atoms with Gasteiger partial charge < -0.3 is 10.1 Å². The van der Waals surface area contributed by atoms with Crippen LogP contribution in [0.4, 0.5) is 5.69 Å². The predicted octanol–water partition coefficient (Wildman–Crippen LogP) is 1.68. The average molecular weight is 231 g/mol. The van der Waals surface area contributed by atoms with Gasteiger partial charge in [-0.15, -0.1) is 0 Å². The highest BCUT2D eigenvalue weighted by molar-refractivity contribution is 6.04. The number of carbonyl (C=O) groups excluding carboxylic acids is 1. The molecule has 1 heterocycles. The van der Waals surface area contributed by atoms with Crippen molar-refractivity contribution >= 4 is 11.6 Å². The van der Waals surface area contributed by atoms with E-state index in [0.717, 1.165) is 5.75 Å². The van der Waals surface area contributed by atoms with Crippen LogP contribution in [0.3, 0.4) is 0 Å². The first-order valence-corrected chi connectivity index (χ1v) is 5.13. The third-order valence-electron chi connectivity index (χ3n) is 2.31. The Kier molecular flexibility index (Phi) is 3.09. The standard InChI is InChI=1S/C12H13N3O2/c1-15-8-10(7-13-15)14-12(16)9-3-5-11(17-2)6-4-9/h3-8H,1-2H3,(H,14,16). The Morgan fingerprint density at radius 1 is 1.35 bits per heavy atom. The Morgan fingerprint density at radius 3 is 2.59 bits per heavy atom. The second-order valence-corrected chi connectivity index (χ2v) is 3.59. The highest BCUT2D eigenvalue weighted by atomic mass is 16.5. The Hall–Kier alpha value is -2.30. The molecular weight excluding hydrogens is 218 g/mol. The summed E-state index contributed by atoms with van der Waals surface area (Å²) in [5, 5.41) is 6.73. The number of ether oxygens (including phenoxy) is 1. The highest BCUT2D eigenvalue weighted by Gasteiger charge is 2.06. The van der Waals surface area contributed by atoms with Crippen molar-refractivity contribution in [1.29, 1.82) is 0 Å². The second-order valence-electron chi connectivity index (χ2n) is 3.59. The van der Waals surface area contributed by atoms with Crippen molar-refractivity contribution in [2.45, 2.75) is 0 Å². The molecule has 5 nitrogen and oxygen atoms in total. The van der Waals surface area contributed by atoms with Crippen LogP contribution in [0.1, 0.15) is 10.4 Å². The second kappa shape index (κ2) is 4.69. The van der Waals surface area contributed by atoms with Crippen molar-refractivity contribution in [3.63, 3.8) is 0 Å². The van der Waals surface area contributed by atoms with Gasteiger partial charge in [-0.2, -0.15) is 5.10 Å². The summed E-state index contributed by atoms with van der Waals surface area (Å²) in [5.74, 6) is 0.559. The number of aryl methyl sites for hydroxylation is 1. The van der Waals surface area contributed by atoms with Crippen LogP contribution < -0.4 is 10.1 Å². The van der Waals surface area contributed by atoms with Crippen molar-refractivity contribution in [2.24, 2.45) is 7.05 Å². The van der Waals surface area contributed by atoms with Crippen molar-refractivity contribution in [3.8, 4) is 5.75 Å². The lowest BCUT2D eigenvalue weighted by atomic mass is 10.2. The molecule has 0 atom stereocenters. The normalized spacial score (nSPS) is 10.0. The molecule has 0 saturated carbocycles. The number of hydrogen-bond acceptors (Lipinski definition) is 3. The highest BCUT2D eigenvalue weighted by Crippen LogP contribution is 2.13. The topological polar surface area (TPSA) is 56.1 Å². The van der Waals surface area contributed by atoms with Gasteiger partial charge in [0, 0.05) is 18.8 Å². The van der Waals surface area contributed by atoms with Gasteiger partial charge in [0.15, 0.2) is 0 Å². The largest absolute Gasteiger partial charge is 0.497 e. The Balaban J connectivity index is 2.09. The minimum Gasteiger partial charge on any atom is -0.497 e. The Labute approximate surface area is 99.0 Å². The monoisotopic (exact) mass is 231 g/mol. The van der Waals surface area contributed by atoms with E-state index in [1.54, 1.807) is 55.5 Å². The zero-order valence-corrected chi connectivity index (χ0v) is 9.68. The van der Waals surface area contributed by atoms with Crippen LogP contribution in [-0.4, -0.2) is 22.8 Å². The fourth-order valence-electron chi connectivity index (χ4n) is 1.43. The van der Waals surface area contributed by atoms with E-state index in [1.165, 1.54) is 0 Å². The van der Waals surface area contributed by atoms with Gasteiger partial charge in [0.05, 0.1) is 19.0 Å². The number of carbonyl (C=O) groups is 1. The van der Waals surface area contributed by atoms with Crippen LogP contribution in [0.25, 0.3) is 0 Å². The zero-order valence-electron chi connectivity index (χ0n) is 9.68. The third-order valence-corrected chi connectivity index (χ3v) is 2.31. The van der Waals surface area contributed by atoms with E-state index in [2.05, 4.69) is 10.4 Å². The van der Waals surface area contributed by atoms with Gasteiger partial charge in [-0.25, -0.2) is 0 Å². The maximum absolute atomic E-state index is 11.8. The molecule has 5 heteroatoms. The van der Waals surface area contributed by atoms with Gasteiger partial charge in [-0.05, 0) is 24.3 Å². The van der Waals surface area contributed by atoms with Crippen molar-refractivity contribution in [1.82, 2.24) is 9.78 Å². The first kappa shape index (κ1) is 11.2. The summed E-state index contributed by atoms with van der Waals surface area (Å²) in [6.07, 6.45) is 3.34. The maximum Gasteiger partial charge on any atom is 0.255 e. The molecule has 1 N–H and O–H groups in total. The minimum atomic E-state index is -0.166. The van der Waals surface area contributed by atoms with Crippen LogP contribution in [0, 0.1) is 0 Å². The van der Waals surface area contributed by atoms with Crippen LogP contribution in [0.15, 0.2) is 36.7 Å². The smallest absolute Gasteiger partial charge is 0.255 e. The van der Waals surface area contributed by atoms with Crippen LogP contribution >= 0.6 is 0 Å². The van der Waals surface area contributed by atoms with E-state index < -0.39 is 0 Å². The summed E-state index contributed by atoms with van der Waals surface area (Å²) < 4.78 is 6.65. The van der Waals surface area contributed by atoms with E-state index >= 15 is 0 Å². The molecule has 2 rings (SSSR count). The molecule has 0 unspecified atom stereocenters. The first-order valence-electron chi connectivity index (χ1n) is 5.13. The van der Waals surface area contributed by atoms with Gasteiger partial charge in [-0.1, -0.05) is 0 Å². The molecule has 1 aromatic heterocycles. The molecule has 17 heavy (non-hydrogen) atoms. The fraction of sp³-hybridized carbons (Fsp3) is 0.167. The molecular formula is C12H13N3O2. The van der Waals surface area contributed by atoms with Crippen molar-refractivity contribution in [3.05, 3.63) is 42.2 Å². The van der Waals surface area contributed by atoms with E-state index in [0.29, 0.717) is 11.3 Å². The van der Waals surface area contributed by atoms with E-state index in [-0.39, 0.29) is 5.91 Å². The van der Waals surface area contributed by atoms with Crippen molar-refractivity contribution in [2.75, 3.05) is 12.4 Å². The van der Waals surface area contributed by atoms with Gasteiger partial charge in [0.1, 0.15) is 5.75 Å². The van der Waals surface area contributed by atoms with Gasteiger partial charge >= 0.3 is 0 Å². The molecule has 2 aromatic rings. The van der Waals surface area contributed by atoms with Crippen LogP contribution in [0.5, 0.6) is 5.75 Å². The number of nitrogens with zero attached hydrogens (tertiary/aromatic N) is 2. The lowest BCUT2D eigenvalue weighted by Gasteiger charge is -2.03. The zero-order chi connectivity index (χ0) is 12.3. The van der Waals surface area contributed by atoms with Gasteiger partial charge in [0.2, 0.25) is 0 Å². The number of nitrogens with one attached hydrogen (secondary N) is 1. The molecule has 0 saturated heterocycles. The number of methoxy groups -OCH3 is 1. The van der Waals surface area contributed by atoms with E-state index in [4.69, 9.17) is 4.74 Å². The molecule has 0 fully saturated rings. The van der Waals surface area contributed by atoms with E-state index in [1.807, 2.05) is 0 Å². The number of aromatic nitrogens is 2. The average Bonchev–Trinajstić information content (AvgIpc) is 2.75. The Morgan fingerprint density at radius 2 is 2.06 bits per heavy atom. The third kappa shape index (κ3) is 2.63. The molecule has 0 aliphatic heterocycles. The summed E-state index contributed by atoms with van der Waals surface area (Å²) in [7, 11) is 3.38. The molecule has 1 amide bonds. The molecule has 0 aliphatic carbocycles. The maximum atomic E-state index is 11.8. The number of amides is 1. The number of rotatable bonds is 3. The first-order chi connectivity index (χ1) is 8.19. The molecule has 88 valence electrons. The quantitative estimate of drug-likeness (QED) is 0.874. The number of anilines is 1. The van der Waals surface area contributed by atoms with E-state index in [9.17, 15) is 4.79 Å². The summed E-state index contributed by atoms with van der Waals surface area (Å²) >= 11 is 0. The molecule has 1 aromatic carbocycles. The van der Waals surface area contributed by atoms with Gasteiger partial charge in [0.25, 0.3) is 5.91 Å². The molecule has 0 spiro atoms. The Bertz CT molecular complexity index is 517. The molecule has 0 radical (unpaired) electrons. The SMILES string of the molecule is COc1ccc(C(=O)Nc2cnn(C)c2)cc1. The van der Waals surface area contributed by atoms with Crippen LogP contribution in [-0.2, 0) is 7.05 Å². The van der Waals surface area contributed by atoms with Crippen molar-refractivity contribution < 1.29 is 9.53 Å². The van der Waals surface area contributed by atoms with Crippen LogP contribution in [0.2, 0.25) is 0 Å². The summed E-state index contributed by atoms with van der Waals surface area (Å²) in [5.41, 5.74) is 1.25. The minimum absolute atomic E-state index is 0.166. The fourth-order valence-corrected chi connectivity index (χ4v) is 1.43. The predicted molar refractivity (Wildman–Crippen MR) is 64.2 cm³/mol.